The van der Waals surface area contributed by atoms with Crippen LogP contribution in [0.25, 0.3) is 0 Å². The fourth-order valence-corrected chi connectivity index (χ4v) is 4.17. The van der Waals surface area contributed by atoms with Crippen molar-refractivity contribution in [2.45, 2.75) is 171 Å². The van der Waals surface area contributed by atoms with E-state index < -0.39 is 23.9 Å². The lowest BCUT2D eigenvalue weighted by Crippen LogP contribution is -2.33. The molecule has 0 aliphatic carbocycles. The zero-order valence-corrected chi connectivity index (χ0v) is 28.7. The molecule has 0 saturated carbocycles. The van der Waals surface area contributed by atoms with Gasteiger partial charge in [0.15, 0.2) is 0 Å². The summed E-state index contributed by atoms with van der Waals surface area (Å²) in [5.74, 6) is -3.23. The number of hydrogen-bond donors (Lipinski definition) is 4. The molecule has 0 amide bonds. The molecule has 0 aliphatic heterocycles. The Labute approximate surface area is 262 Å². The Morgan fingerprint density at radius 1 is 0.442 bits per heavy atom. The first-order valence-electron chi connectivity index (χ1n) is 16.0. The number of hydrogen-bond acceptors (Lipinski definition) is 6. The molecule has 0 rings (SSSR count). The minimum atomic E-state index is -0.833. The van der Waals surface area contributed by atoms with Crippen molar-refractivity contribution < 1.29 is 49.1 Å². The van der Waals surface area contributed by atoms with Gasteiger partial charge in [-0.2, -0.15) is 0 Å². The minimum absolute atomic E-state index is 0.103. The Morgan fingerprint density at radius 2 is 0.651 bits per heavy atom. The largest absolute Gasteiger partial charge is 0.481 e. The van der Waals surface area contributed by atoms with Crippen LogP contribution in [0.15, 0.2) is 0 Å². The first-order chi connectivity index (χ1) is 20.1. The van der Waals surface area contributed by atoms with Crippen molar-refractivity contribution in [1.29, 1.82) is 0 Å². The molecule has 0 atom stereocenters. The standard InChI is InChI=1S/C25H50O2.4C2H4O2/c1-5-9-12-15-18-21-25(24(26)27-8-4,22-19-16-13-10-6-2)23-20-17-14-11-7-3;4*1-2(3)4/h5-23H2,1-4H3;4*1H3,(H,3,4). The van der Waals surface area contributed by atoms with Gasteiger partial charge in [-0.25, -0.2) is 0 Å². The van der Waals surface area contributed by atoms with Gasteiger partial charge in [0, 0.05) is 27.7 Å². The van der Waals surface area contributed by atoms with Crippen LogP contribution in [0.1, 0.15) is 171 Å². The van der Waals surface area contributed by atoms with Gasteiger partial charge in [-0.1, -0.05) is 117 Å². The summed E-state index contributed by atoms with van der Waals surface area (Å²) in [4.78, 5) is 49.0. The molecule has 0 unspecified atom stereocenters. The Balaban J connectivity index is -0.000000245. The second-order valence-electron chi connectivity index (χ2n) is 10.6. The first-order valence-corrected chi connectivity index (χ1v) is 16.0. The van der Waals surface area contributed by atoms with Crippen LogP contribution >= 0.6 is 0 Å². The lowest BCUT2D eigenvalue weighted by atomic mass is 9.74. The maximum absolute atomic E-state index is 13.0. The number of carbonyl (C=O) groups excluding carboxylic acids is 1. The third-order valence-corrected chi connectivity index (χ3v) is 5.99. The normalized spacial score (nSPS) is 9.67. The lowest BCUT2D eigenvalue weighted by molar-refractivity contribution is -0.157. The molecule has 0 aromatic heterocycles. The number of carboxylic acid groups (broad SMARTS) is 4. The molecular formula is C33H66O10. The second kappa shape index (κ2) is 39.4. The summed E-state index contributed by atoms with van der Waals surface area (Å²) in [6, 6.07) is 0. The Hall–Kier alpha value is -2.65. The van der Waals surface area contributed by atoms with Gasteiger partial charge in [-0.05, 0) is 26.2 Å². The molecule has 0 aromatic rings. The molecule has 0 heterocycles. The van der Waals surface area contributed by atoms with E-state index in [-0.39, 0.29) is 11.4 Å². The highest BCUT2D eigenvalue weighted by Crippen LogP contribution is 2.39. The second-order valence-corrected chi connectivity index (χ2v) is 10.6. The van der Waals surface area contributed by atoms with Gasteiger partial charge in [-0.15, -0.1) is 0 Å². The van der Waals surface area contributed by atoms with Crippen LogP contribution in [-0.4, -0.2) is 56.9 Å². The number of ether oxygens (including phenoxy) is 1. The van der Waals surface area contributed by atoms with Crippen molar-refractivity contribution in [2.24, 2.45) is 5.41 Å². The van der Waals surface area contributed by atoms with Crippen molar-refractivity contribution >= 4 is 29.8 Å². The average molecular weight is 623 g/mol. The topological polar surface area (TPSA) is 175 Å². The summed E-state index contributed by atoms with van der Waals surface area (Å²) in [6.07, 6.45) is 22.2. The third kappa shape index (κ3) is 59.6. The summed E-state index contributed by atoms with van der Waals surface area (Å²) in [6.45, 7) is 13.6. The molecule has 0 spiro atoms. The van der Waals surface area contributed by atoms with Gasteiger partial charge in [0.25, 0.3) is 23.9 Å². The fraction of sp³-hybridized carbons (Fsp3) is 0.848. The van der Waals surface area contributed by atoms with Crippen molar-refractivity contribution in [3.8, 4) is 0 Å². The zero-order chi connectivity index (χ0) is 34.5. The van der Waals surface area contributed by atoms with E-state index in [9.17, 15) is 4.79 Å². The molecule has 0 fully saturated rings. The predicted octanol–water partition coefficient (Wildman–Crippen LogP) is 8.98. The molecule has 0 saturated heterocycles. The van der Waals surface area contributed by atoms with Gasteiger partial charge in [0.05, 0.1) is 12.0 Å². The molecule has 10 heteroatoms. The number of unbranched alkanes of at least 4 members (excludes halogenated alkanes) is 12. The van der Waals surface area contributed by atoms with Crippen molar-refractivity contribution in [2.75, 3.05) is 6.61 Å². The summed E-state index contributed by atoms with van der Waals surface area (Å²) in [5, 5.41) is 29.7. The number of carboxylic acids is 4. The molecular weight excluding hydrogens is 556 g/mol. The molecule has 0 radical (unpaired) electrons. The van der Waals surface area contributed by atoms with E-state index in [0.717, 1.165) is 47.0 Å². The number of carbonyl (C=O) groups is 5. The molecule has 4 N–H and O–H groups in total. The Kier molecular flexibility index (Phi) is 45.8. The van der Waals surface area contributed by atoms with Crippen LogP contribution in [-0.2, 0) is 28.7 Å². The van der Waals surface area contributed by atoms with E-state index in [2.05, 4.69) is 20.8 Å². The van der Waals surface area contributed by atoms with E-state index in [4.69, 9.17) is 44.3 Å². The zero-order valence-electron chi connectivity index (χ0n) is 28.7. The highest BCUT2D eigenvalue weighted by Gasteiger charge is 2.38. The van der Waals surface area contributed by atoms with Gasteiger partial charge < -0.3 is 25.2 Å². The van der Waals surface area contributed by atoms with Gasteiger partial charge in [-0.3, -0.25) is 24.0 Å². The Morgan fingerprint density at radius 3 is 0.837 bits per heavy atom. The maximum Gasteiger partial charge on any atom is 0.312 e. The van der Waals surface area contributed by atoms with Crippen LogP contribution in [0.4, 0.5) is 0 Å². The van der Waals surface area contributed by atoms with Crippen LogP contribution in [0.5, 0.6) is 0 Å². The summed E-state index contributed by atoms with van der Waals surface area (Å²) >= 11 is 0. The van der Waals surface area contributed by atoms with E-state index in [1.165, 1.54) is 96.3 Å². The molecule has 10 nitrogen and oxygen atoms in total. The van der Waals surface area contributed by atoms with E-state index in [1.54, 1.807) is 0 Å². The highest BCUT2D eigenvalue weighted by molar-refractivity contribution is 5.76. The smallest absolute Gasteiger partial charge is 0.312 e. The van der Waals surface area contributed by atoms with E-state index in [1.807, 2.05) is 6.92 Å². The van der Waals surface area contributed by atoms with Crippen molar-refractivity contribution in [3.63, 3.8) is 0 Å². The number of rotatable bonds is 20. The molecule has 43 heavy (non-hydrogen) atoms. The molecule has 0 bridgehead atoms. The van der Waals surface area contributed by atoms with Gasteiger partial charge >= 0.3 is 5.97 Å². The monoisotopic (exact) mass is 622 g/mol. The quantitative estimate of drug-likeness (QED) is 0.0757. The average Bonchev–Trinajstić information content (AvgIpc) is 2.86. The van der Waals surface area contributed by atoms with Gasteiger partial charge in [0.2, 0.25) is 0 Å². The maximum atomic E-state index is 13.0. The Bertz CT molecular complexity index is 562. The molecule has 258 valence electrons. The third-order valence-electron chi connectivity index (χ3n) is 5.99. The van der Waals surface area contributed by atoms with Crippen LogP contribution < -0.4 is 0 Å². The van der Waals surface area contributed by atoms with E-state index in [0.29, 0.717) is 6.61 Å². The summed E-state index contributed by atoms with van der Waals surface area (Å²) in [5.41, 5.74) is -0.208. The van der Waals surface area contributed by atoms with Crippen LogP contribution in [0.3, 0.4) is 0 Å². The number of aliphatic carboxylic acids is 4. The van der Waals surface area contributed by atoms with Crippen molar-refractivity contribution in [3.05, 3.63) is 0 Å². The SMILES string of the molecule is CC(=O)O.CC(=O)O.CC(=O)O.CC(=O)O.CCCCCCCC(CCCCCCC)(CCCCCCC)C(=O)OCC. The molecule has 0 aromatic carbocycles. The number of esters is 1. The summed E-state index contributed by atoms with van der Waals surface area (Å²) in [7, 11) is 0. The molecule has 0 aliphatic rings. The predicted molar refractivity (Wildman–Crippen MR) is 172 cm³/mol. The fourth-order valence-electron chi connectivity index (χ4n) is 4.17. The minimum Gasteiger partial charge on any atom is -0.481 e. The van der Waals surface area contributed by atoms with Crippen LogP contribution in [0.2, 0.25) is 0 Å². The lowest BCUT2D eigenvalue weighted by Gasteiger charge is -2.32. The van der Waals surface area contributed by atoms with Crippen LogP contribution in [0, 0.1) is 5.41 Å². The highest BCUT2D eigenvalue weighted by atomic mass is 16.5. The van der Waals surface area contributed by atoms with Crippen molar-refractivity contribution in [1.82, 2.24) is 0 Å². The summed E-state index contributed by atoms with van der Waals surface area (Å²) < 4.78 is 5.60. The first kappa shape index (κ1) is 50.0. The van der Waals surface area contributed by atoms with E-state index >= 15 is 0 Å². The van der Waals surface area contributed by atoms with Gasteiger partial charge in [0.1, 0.15) is 0 Å².